The molecule has 0 atom stereocenters. The van der Waals surface area contributed by atoms with Crippen LogP contribution in [0.1, 0.15) is 0 Å². The molecule has 0 unspecified atom stereocenters. The zero-order valence-corrected chi connectivity index (χ0v) is 14.5. The van der Waals surface area contributed by atoms with E-state index in [4.69, 9.17) is 36.3 Å². The van der Waals surface area contributed by atoms with Crippen molar-refractivity contribution in [3.63, 3.8) is 0 Å². The normalized spacial score (nSPS) is 12.9. The Morgan fingerprint density at radius 3 is 2.65 bits per heavy atom. The topological polar surface area (TPSA) is 75.8 Å². The number of aromatic nitrogens is 1. The van der Waals surface area contributed by atoms with E-state index in [9.17, 15) is 4.39 Å². The Hall–Kier alpha value is -2.93. The Balaban J connectivity index is 1.90. The van der Waals surface area contributed by atoms with E-state index in [2.05, 4.69) is 4.98 Å². The van der Waals surface area contributed by atoms with E-state index < -0.39 is 5.82 Å². The standard InChI is InChI=1S/C18H14ClFN2O4/c1-23-15-8-12-16(18-17(15)24-4-5-25-18)13(2-3-22-12)26-14-6-9(19)11(21)7-10(14)20/h2-3,6-8H,4-5,21H2,1H3. The number of halogens is 2. The molecule has 1 aliphatic rings. The fourth-order valence-electron chi connectivity index (χ4n) is 2.75. The number of ether oxygens (including phenoxy) is 4. The average molecular weight is 377 g/mol. The lowest BCUT2D eigenvalue weighted by Gasteiger charge is -2.23. The van der Waals surface area contributed by atoms with Gasteiger partial charge in [0.05, 0.1) is 28.7 Å². The Morgan fingerprint density at radius 2 is 1.88 bits per heavy atom. The molecule has 2 heterocycles. The summed E-state index contributed by atoms with van der Waals surface area (Å²) in [5.41, 5.74) is 6.30. The summed E-state index contributed by atoms with van der Waals surface area (Å²) in [6.07, 6.45) is 1.55. The third kappa shape index (κ3) is 2.70. The number of hydrogen-bond acceptors (Lipinski definition) is 6. The molecule has 4 rings (SSSR count). The van der Waals surface area contributed by atoms with E-state index >= 15 is 0 Å². The van der Waals surface area contributed by atoms with Crippen LogP contribution in [-0.4, -0.2) is 25.3 Å². The highest BCUT2D eigenvalue weighted by molar-refractivity contribution is 6.33. The van der Waals surface area contributed by atoms with Crippen LogP contribution < -0.4 is 24.7 Å². The van der Waals surface area contributed by atoms with Gasteiger partial charge in [0, 0.05) is 24.4 Å². The molecule has 8 heteroatoms. The van der Waals surface area contributed by atoms with Gasteiger partial charge in [-0.25, -0.2) is 4.39 Å². The number of hydrogen-bond donors (Lipinski definition) is 1. The molecule has 0 saturated heterocycles. The summed E-state index contributed by atoms with van der Waals surface area (Å²) >= 11 is 5.98. The van der Waals surface area contributed by atoms with Crippen LogP contribution >= 0.6 is 11.6 Å². The van der Waals surface area contributed by atoms with Gasteiger partial charge in [0.15, 0.2) is 23.1 Å². The van der Waals surface area contributed by atoms with Crippen molar-refractivity contribution >= 4 is 28.2 Å². The second-order valence-electron chi connectivity index (χ2n) is 5.54. The Labute approximate surface area is 153 Å². The minimum atomic E-state index is -0.628. The molecule has 1 aliphatic heterocycles. The van der Waals surface area contributed by atoms with E-state index in [1.165, 1.54) is 13.2 Å². The van der Waals surface area contributed by atoms with Gasteiger partial charge in [-0.05, 0) is 6.07 Å². The molecule has 0 spiro atoms. The predicted molar refractivity (Wildman–Crippen MR) is 95.2 cm³/mol. The second-order valence-corrected chi connectivity index (χ2v) is 5.95. The van der Waals surface area contributed by atoms with Gasteiger partial charge < -0.3 is 24.7 Å². The highest BCUT2D eigenvalue weighted by Gasteiger charge is 2.24. The lowest BCUT2D eigenvalue weighted by atomic mass is 10.1. The molecule has 26 heavy (non-hydrogen) atoms. The number of anilines is 1. The maximum Gasteiger partial charge on any atom is 0.204 e. The summed E-state index contributed by atoms with van der Waals surface area (Å²) in [4.78, 5) is 4.32. The summed E-state index contributed by atoms with van der Waals surface area (Å²) in [5, 5.41) is 0.749. The van der Waals surface area contributed by atoms with Gasteiger partial charge in [0.1, 0.15) is 19.0 Å². The molecular formula is C18H14ClFN2O4. The van der Waals surface area contributed by atoms with Gasteiger partial charge in [0.2, 0.25) is 5.75 Å². The Bertz CT molecular complexity index is 1010. The van der Waals surface area contributed by atoms with Gasteiger partial charge in [-0.3, -0.25) is 4.98 Å². The highest BCUT2D eigenvalue weighted by Crippen LogP contribution is 2.48. The number of methoxy groups -OCH3 is 1. The van der Waals surface area contributed by atoms with Gasteiger partial charge in [-0.15, -0.1) is 0 Å². The summed E-state index contributed by atoms with van der Waals surface area (Å²) in [6, 6.07) is 5.75. The summed E-state index contributed by atoms with van der Waals surface area (Å²) in [6.45, 7) is 0.763. The SMILES string of the molecule is COc1cc2nccc(Oc3cc(Cl)c(N)cc3F)c2c2c1OCCO2. The fraction of sp³-hybridized carbons (Fsp3) is 0.167. The summed E-state index contributed by atoms with van der Waals surface area (Å²) in [5.74, 6) is 1.06. The van der Waals surface area contributed by atoms with Gasteiger partial charge in [-0.1, -0.05) is 11.6 Å². The summed E-state index contributed by atoms with van der Waals surface area (Å²) < 4.78 is 36.8. The number of rotatable bonds is 3. The quantitative estimate of drug-likeness (QED) is 0.691. The molecule has 0 fully saturated rings. The highest BCUT2D eigenvalue weighted by atomic mass is 35.5. The Kier molecular flexibility index (Phi) is 4.08. The van der Waals surface area contributed by atoms with Gasteiger partial charge in [-0.2, -0.15) is 0 Å². The number of nitrogens with two attached hydrogens (primary N) is 1. The molecule has 6 nitrogen and oxygen atoms in total. The molecule has 0 amide bonds. The number of nitrogens with zero attached hydrogens (tertiary/aromatic N) is 1. The average Bonchev–Trinajstić information content (AvgIpc) is 2.65. The lowest BCUT2D eigenvalue weighted by molar-refractivity contribution is 0.167. The van der Waals surface area contributed by atoms with Crippen LogP contribution in [-0.2, 0) is 0 Å². The van der Waals surface area contributed by atoms with E-state index in [1.807, 2.05) is 0 Å². The van der Waals surface area contributed by atoms with Crippen LogP contribution in [0.3, 0.4) is 0 Å². The predicted octanol–water partition coefficient (Wildman–Crippen LogP) is 4.18. The van der Waals surface area contributed by atoms with E-state index in [0.29, 0.717) is 47.1 Å². The van der Waals surface area contributed by atoms with Crippen LogP contribution in [0, 0.1) is 5.82 Å². The molecule has 0 saturated carbocycles. The zero-order chi connectivity index (χ0) is 18.3. The monoisotopic (exact) mass is 376 g/mol. The van der Waals surface area contributed by atoms with Crippen LogP contribution in [0.2, 0.25) is 5.02 Å². The van der Waals surface area contributed by atoms with Crippen LogP contribution in [0.25, 0.3) is 10.9 Å². The molecule has 0 radical (unpaired) electrons. The second kappa shape index (κ2) is 6.42. The third-order valence-corrected chi connectivity index (χ3v) is 4.26. The van der Waals surface area contributed by atoms with Crippen LogP contribution in [0.5, 0.6) is 28.7 Å². The number of nitrogen functional groups attached to an aromatic ring is 1. The maximum absolute atomic E-state index is 14.2. The minimum Gasteiger partial charge on any atom is -0.493 e. The van der Waals surface area contributed by atoms with Crippen molar-refractivity contribution in [2.24, 2.45) is 0 Å². The Morgan fingerprint density at radius 1 is 1.12 bits per heavy atom. The maximum atomic E-state index is 14.2. The van der Waals surface area contributed by atoms with Gasteiger partial charge >= 0.3 is 0 Å². The molecular weight excluding hydrogens is 363 g/mol. The molecule has 3 aromatic rings. The lowest BCUT2D eigenvalue weighted by Crippen LogP contribution is -2.16. The molecule has 2 N–H and O–H groups in total. The van der Waals surface area contributed by atoms with Crippen molar-refractivity contribution in [2.75, 3.05) is 26.1 Å². The van der Waals surface area contributed by atoms with E-state index in [-0.39, 0.29) is 16.5 Å². The first-order valence-electron chi connectivity index (χ1n) is 7.76. The first-order chi connectivity index (χ1) is 12.6. The fourth-order valence-corrected chi connectivity index (χ4v) is 2.91. The number of benzene rings is 2. The van der Waals surface area contributed by atoms with Gasteiger partial charge in [0.25, 0.3) is 0 Å². The van der Waals surface area contributed by atoms with E-state index in [0.717, 1.165) is 6.07 Å². The third-order valence-electron chi connectivity index (χ3n) is 3.93. The van der Waals surface area contributed by atoms with Crippen LogP contribution in [0.4, 0.5) is 10.1 Å². The number of fused-ring (bicyclic) bond motifs is 3. The molecule has 1 aromatic heterocycles. The number of pyridine rings is 1. The minimum absolute atomic E-state index is 0.0574. The first kappa shape index (κ1) is 16.5. The van der Waals surface area contributed by atoms with Crippen molar-refractivity contribution in [1.82, 2.24) is 4.98 Å². The van der Waals surface area contributed by atoms with Crippen molar-refractivity contribution in [3.05, 3.63) is 41.3 Å². The van der Waals surface area contributed by atoms with Crippen LogP contribution in [0.15, 0.2) is 30.5 Å². The molecule has 0 aliphatic carbocycles. The van der Waals surface area contributed by atoms with E-state index in [1.54, 1.807) is 18.3 Å². The molecule has 0 bridgehead atoms. The zero-order valence-electron chi connectivity index (χ0n) is 13.7. The van der Waals surface area contributed by atoms with Crippen molar-refractivity contribution in [1.29, 1.82) is 0 Å². The smallest absolute Gasteiger partial charge is 0.204 e. The van der Waals surface area contributed by atoms with Crippen molar-refractivity contribution in [3.8, 4) is 28.7 Å². The molecule has 2 aromatic carbocycles. The van der Waals surface area contributed by atoms with Crippen molar-refractivity contribution < 1.29 is 23.3 Å². The van der Waals surface area contributed by atoms with Crippen molar-refractivity contribution in [2.45, 2.75) is 0 Å². The first-order valence-corrected chi connectivity index (χ1v) is 8.14. The largest absolute Gasteiger partial charge is 0.493 e. The summed E-state index contributed by atoms with van der Waals surface area (Å²) in [7, 11) is 1.53. The molecule has 134 valence electrons.